The number of rotatable bonds is 5. The molecule has 0 aromatic heterocycles. The van der Waals surface area contributed by atoms with E-state index in [-0.39, 0.29) is 5.60 Å². The van der Waals surface area contributed by atoms with Gasteiger partial charge in [0.05, 0.1) is 24.0 Å². The summed E-state index contributed by atoms with van der Waals surface area (Å²) in [6, 6.07) is 8.16. The first-order valence-electron chi connectivity index (χ1n) is 8.45. The summed E-state index contributed by atoms with van der Waals surface area (Å²) < 4.78 is 12.1. The highest BCUT2D eigenvalue weighted by atomic mass is 16.5. The Morgan fingerprint density at radius 3 is 2.81 bits per heavy atom. The van der Waals surface area contributed by atoms with Gasteiger partial charge >= 0.3 is 0 Å². The standard InChI is InChI=1S/C18H27NO2/c1-2-20-17-9-5-4-8-16(17)19-14-15-10-13-18(21-15)11-6-3-7-12-18/h4-5,8-9,15,19H,2-3,6-7,10-14H2,1H3. The van der Waals surface area contributed by atoms with Crippen LogP contribution in [0.5, 0.6) is 5.75 Å². The van der Waals surface area contributed by atoms with E-state index < -0.39 is 0 Å². The van der Waals surface area contributed by atoms with E-state index in [0.29, 0.717) is 12.7 Å². The normalized spacial score (nSPS) is 24.1. The highest BCUT2D eigenvalue weighted by molar-refractivity contribution is 5.56. The molecule has 1 unspecified atom stereocenters. The minimum absolute atomic E-state index is 0.212. The topological polar surface area (TPSA) is 30.5 Å². The summed E-state index contributed by atoms with van der Waals surface area (Å²) in [6.45, 7) is 3.59. The Hall–Kier alpha value is -1.22. The molecule has 1 atom stereocenters. The lowest BCUT2D eigenvalue weighted by atomic mass is 9.83. The van der Waals surface area contributed by atoms with Crippen LogP contribution in [0.15, 0.2) is 24.3 Å². The minimum Gasteiger partial charge on any atom is -0.492 e. The Bertz CT molecular complexity index is 454. The predicted molar refractivity (Wildman–Crippen MR) is 86.0 cm³/mol. The minimum atomic E-state index is 0.212. The monoisotopic (exact) mass is 289 g/mol. The molecule has 3 nitrogen and oxygen atoms in total. The van der Waals surface area contributed by atoms with E-state index in [2.05, 4.69) is 11.4 Å². The van der Waals surface area contributed by atoms with E-state index in [1.165, 1.54) is 44.9 Å². The van der Waals surface area contributed by atoms with E-state index in [9.17, 15) is 0 Å². The molecule has 1 heterocycles. The molecule has 1 aliphatic heterocycles. The fourth-order valence-electron chi connectivity index (χ4n) is 3.72. The third kappa shape index (κ3) is 3.52. The Morgan fingerprint density at radius 1 is 1.19 bits per heavy atom. The lowest BCUT2D eigenvalue weighted by Crippen LogP contribution is -2.33. The largest absolute Gasteiger partial charge is 0.492 e. The van der Waals surface area contributed by atoms with Crippen LogP contribution in [-0.4, -0.2) is 24.9 Å². The number of hydrogen-bond acceptors (Lipinski definition) is 3. The van der Waals surface area contributed by atoms with Crippen LogP contribution in [0, 0.1) is 0 Å². The molecule has 21 heavy (non-hydrogen) atoms. The van der Waals surface area contributed by atoms with Gasteiger partial charge in [-0.3, -0.25) is 0 Å². The molecule has 2 aliphatic rings. The molecule has 1 spiro atoms. The molecule has 2 fully saturated rings. The molecular weight excluding hydrogens is 262 g/mol. The lowest BCUT2D eigenvalue weighted by molar-refractivity contribution is -0.0588. The van der Waals surface area contributed by atoms with Crippen LogP contribution in [0.4, 0.5) is 5.69 Å². The SMILES string of the molecule is CCOc1ccccc1NCC1CCC2(CCCCC2)O1. The van der Waals surface area contributed by atoms with Gasteiger partial charge in [-0.15, -0.1) is 0 Å². The smallest absolute Gasteiger partial charge is 0.142 e. The molecule has 0 radical (unpaired) electrons. The number of ether oxygens (including phenoxy) is 2. The van der Waals surface area contributed by atoms with Crippen molar-refractivity contribution in [1.82, 2.24) is 0 Å². The molecule has 0 amide bonds. The number of benzene rings is 1. The summed E-state index contributed by atoms with van der Waals surface area (Å²) in [7, 11) is 0. The van der Waals surface area contributed by atoms with Crippen LogP contribution in [-0.2, 0) is 4.74 Å². The number of anilines is 1. The van der Waals surface area contributed by atoms with Crippen molar-refractivity contribution in [2.45, 2.75) is 63.6 Å². The third-order valence-corrected chi connectivity index (χ3v) is 4.81. The van der Waals surface area contributed by atoms with Crippen molar-refractivity contribution >= 4 is 5.69 Å². The first-order valence-corrected chi connectivity index (χ1v) is 8.45. The molecule has 1 aliphatic carbocycles. The number of para-hydroxylation sites is 2. The molecule has 3 rings (SSSR count). The zero-order chi connectivity index (χ0) is 14.5. The molecule has 3 heteroatoms. The van der Waals surface area contributed by atoms with Crippen molar-refractivity contribution < 1.29 is 9.47 Å². The fraction of sp³-hybridized carbons (Fsp3) is 0.667. The van der Waals surface area contributed by atoms with Crippen LogP contribution in [0.2, 0.25) is 0 Å². The van der Waals surface area contributed by atoms with Gasteiger partial charge in [0.1, 0.15) is 5.75 Å². The van der Waals surface area contributed by atoms with E-state index >= 15 is 0 Å². The molecule has 116 valence electrons. The zero-order valence-corrected chi connectivity index (χ0v) is 13.1. The second-order valence-electron chi connectivity index (χ2n) is 6.33. The maximum Gasteiger partial charge on any atom is 0.142 e. The second kappa shape index (κ2) is 6.69. The van der Waals surface area contributed by atoms with Gasteiger partial charge in [0, 0.05) is 6.54 Å². The van der Waals surface area contributed by atoms with Crippen LogP contribution in [0.3, 0.4) is 0 Å². The second-order valence-corrected chi connectivity index (χ2v) is 6.33. The summed E-state index contributed by atoms with van der Waals surface area (Å²) in [5, 5.41) is 3.51. The van der Waals surface area contributed by atoms with Gasteiger partial charge in [0.25, 0.3) is 0 Å². The van der Waals surface area contributed by atoms with E-state index in [1.54, 1.807) is 0 Å². The molecule has 1 aromatic carbocycles. The fourth-order valence-corrected chi connectivity index (χ4v) is 3.72. The molecule has 1 saturated heterocycles. The summed E-state index contributed by atoms with van der Waals surface area (Å²) >= 11 is 0. The van der Waals surface area contributed by atoms with Gasteiger partial charge in [0.15, 0.2) is 0 Å². The van der Waals surface area contributed by atoms with Crippen LogP contribution in [0.1, 0.15) is 51.9 Å². The zero-order valence-electron chi connectivity index (χ0n) is 13.1. The summed E-state index contributed by atoms with van der Waals surface area (Å²) in [5.74, 6) is 0.936. The van der Waals surface area contributed by atoms with Gasteiger partial charge < -0.3 is 14.8 Å². The summed E-state index contributed by atoms with van der Waals surface area (Å²) in [4.78, 5) is 0. The molecule has 0 bridgehead atoms. The predicted octanol–water partition coefficient (Wildman–Crippen LogP) is 4.38. The Labute approximate surface area is 128 Å². The number of nitrogens with one attached hydrogen (secondary N) is 1. The van der Waals surface area contributed by atoms with Crippen molar-refractivity contribution in [1.29, 1.82) is 0 Å². The van der Waals surface area contributed by atoms with Gasteiger partial charge in [-0.1, -0.05) is 31.4 Å². The van der Waals surface area contributed by atoms with Crippen molar-refractivity contribution in [3.8, 4) is 5.75 Å². The van der Waals surface area contributed by atoms with E-state index in [4.69, 9.17) is 9.47 Å². The highest BCUT2D eigenvalue weighted by Gasteiger charge is 2.40. The summed E-state index contributed by atoms with van der Waals surface area (Å²) in [5.41, 5.74) is 1.29. The van der Waals surface area contributed by atoms with E-state index in [1.807, 2.05) is 25.1 Å². The van der Waals surface area contributed by atoms with Gasteiger partial charge in [-0.2, -0.15) is 0 Å². The van der Waals surface area contributed by atoms with Gasteiger partial charge in [-0.25, -0.2) is 0 Å². The summed E-state index contributed by atoms with van der Waals surface area (Å²) in [6.07, 6.45) is 9.36. The first-order chi connectivity index (χ1) is 10.3. The molecule has 1 aromatic rings. The Balaban J connectivity index is 1.54. The lowest BCUT2D eigenvalue weighted by Gasteiger charge is -2.33. The molecule has 1 saturated carbocycles. The van der Waals surface area contributed by atoms with Crippen molar-refractivity contribution in [3.05, 3.63) is 24.3 Å². The van der Waals surface area contributed by atoms with Crippen molar-refractivity contribution in [2.24, 2.45) is 0 Å². The van der Waals surface area contributed by atoms with E-state index in [0.717, 1.165) is 18.0 Å². The van der Waals surface area contributed by atoms with Crippen molar-refractivity contribution in [2.75, 3.05) is 18.5 Å². The highest BCUT2D eigenvalue weighted by Crippen LogP contribution is 2.42. The van der Waals surface area contributed by atoms with Crippen LogP contribution < -0.4 is 10.1 Å². The average Bonchev–Trinajstić information content (AvgIpc) is 2.90. The first kappa shape index (κ1) is 14.7. The van der Waals surface area contributed by atoms with Crippen LogP contribution in [0.25, 0.3) is 0 Å². The molecular formula is C18H27NO2. The maximum absolute atomic E-state index is 6.41. The average molecular weight is 289 g/mol. The van der Waals surface area contributed by atoms with Gasteiger partial charge in [0.2, 0.25) is 0 Å². The van der Waals surface area contributed by atoms with Gasteiger partial charge in [-0.05, 0) is 44.7 Å². The Morgan fingerprint density at radius 2 is 2.00 bits per heavy atom. The Kier molecular flexibility index (Phi) is 4.69. The quantitative estimate of drug-likeness (QED) is 0.872. The maximum atomic E-state index is 6.41. The van der Waals surface area contributed by atoms with Crippen LogP contribution >= 0.6 is 0 Å². The van der Waals surface area contributed by atoms with Crippen molar-refractivity contribution in [3.63, 3.8) is 0 Å². The third-order valence-electron chi connectivity index (χ3n) is 4.81. The number of hydrogen-bond donors (Lipinski definition) is 1. The molecule has 1 N–H and O–H groups in total.